The van der Waals surface area contributed by atoms with E-state index >= 15 is 0 Å². The Labute approximate surface area is 129 Å². The first-order valence-corrected chi connectivity index (χ1v) is 7.56. The Morgan fingerprint density at radius 1 is 1.41 bits per heavy atom. The molecule has 1 aromatic heterocycles. The molecule has 22 heavy (non-hydrogen) atoms. The molecule has 1 heterocycles. The topological polar surface area (TPSA) is 64.4 Å². The van der Waals surface area contributed by atoms with Crippen molar-refractivity contribution in [2.24, 2.45) is 5.92 Å². The highest BCUT2D eigenvalue weighted by Gasteiger charge is 2.26. The Kier molecular flexibility index (Phi) is 4.13. The molecule has 0 spiro atoms. The molecule has 1 atom stereocenters. The summed E-state index contributed by atoms with van der Waals surface area (Å²) in [4.78, 5) is 12.3. The van der Waals surface area contributed by atoms with Crippen molar-refractivity contribution in [2.45, 2.75) is 32.7 Å². The summed E-state index contributed by atoms with van der Waals surface area (Å²) in [5, 5.41) is 6.87. The average molecular weight is 300 g/mol. The van der Waals surface area contributed by atoms with E-state index in [-0.39, 0.29) is 5.91 Å². The largest absolute Gasteiger partial charge is 0.497 e. The fraction of sp³-hybridized carbons (Fsp3) is 0.412. The van der Waals surface area contributed by atoms with E-state index in [2.05, 4.69) is 17.4 Å². The maximum absolute atomic E-state index is 12.3. The van der Waals surface area contributed by atoms with Gasteiger partial charge < -0.3 is 14.6 Å². The number of methoxy groups -OCH3 is 1. The first-order valence-electron chi connectivity index (χ1n) is 7.56. The standard InChI is InChI=1S/C17H20N2O3/c1-11-3-8-15-14(9-11)16(19-22-15)17(20)18-10-12-4-6-13(21-2)7-5-12/h4-7,11H,3,8-10H2,1-2H3,(H,18,20)/t11-/m0/s1. The van der Waals surface area contributed by atoms with Crippen LogP contribution >= 0.6 is 0 Å². The number of rotatable bonds is 4. The Hall–Kier alpha value is -2.30. The molecule has 1 aromatic carbocycles. The summed E-state index contributed by atoms with van der Waals surface area (Å²) in [6.07, 6.45) is 2.83. The number of carbonyl (C=O) groups excluding carboxylic acids is 1. The number of fused-ring (bicyclic) bond motifs is 1. The van der Waals surface area contributed by atoms with Crippen LogP contribution in [0.25, 0.3) is 0 Å². The summed E-state index contributed by atoms with van der Waals surface area (Å²) in [6.45, 7) is 2.65. The molecule has 5 heteroatoms. The van der Waals surface area contributed by atoms with E-state index < -0.39 is 0 Å². The molecule has 5 nitrogen and oxygen atoms in total. The molecule has 0 saturated heterocycles. The third-order valence-corrected chi connectivity index (χ3v) is 4.11. The molecular weight excluding hydrogens is 280 g/mol. The van der Waals surface area contributed by atoms with Crippen LogP contribution in [0.2, 0.25) is 0 Å². The first-order chi connectivity index (χ1) is 10.7. The number of ether oxygens (including phenoxy) is 1. The minimum absolute atomic E-state index is 0.171. The summed E-state index contributed by atoms with van der Waals surface area (Å²) >= 11 is 0. The molecule has 3 rings (SSSR count). The molecule has 2 aromatic rings. The van der Waals surface area contributed by atoms with Crippen LogP contribution in [0.3, 0.4) is 0 Å². The Bertz CT molecular complexity index is 661. The molecule has 1 aliphatic carbocycles. The molecule has 0 fully saturated rings. The van der Waals surface area contributed by atoms with Crippen molar-refractivity contribution in [1.82, 2.24) is 10.5 Å². The Morgan fingerprint density at radius 2 is 2.18 bits per heavy atom. The third kappa shape index (κ3) is 2.98. The fourth-order valence-corrected chi connectivity index (χ4v) is 2.77. The molecule has 0 saturated carbocycles. The lowest BCUT2D eigenvalue weighted by Crippen LogP contribution is -2.25. The second kappa shape index (κ2) is 6.22. The average Bonchev–Trinajstić information content (AvgIpc) is 2.96. The Morgan fingerprint density at radius 3 is 2.91 bits per heavy atom. The van der Waals surface area contributed by atoms with Crippen molar-refractivity contribution in [3.05, 3.63) is 46.8 Å². The lowest BCUT2D eigenvalue weighted by atomic mass is 9.88. The number of aromatic nitrogens is 1. The summed E-state index contributed by atoms with van der Waals surface area (Å²) in [7, 11) is 1.63. The van der Waals surface area contributed by atoms with Gasteiger partial charge in [-0.1, -0.05) is 24.2 Å². The number of amides is 1. The molecule has 0 bridgehead atoms. The van der Waals surface area contributed by atoms with Gasteiger partial charge in [-0.15, -0.1) is 0 Å². The van der Waals surface area contributed by atoms with Crippen molar-refractivity contribution < 1.29 is 14.1 Å². The molecule has 0 aliphatic heterocycles. The quantitative estimate of drug-likeness (QED) is 0.943. The van der Waals surface area contributed by atoms with E-state index in [0.29, 0.717) is 18.2 Å². The van der Waals surface area contributed by atoms with Crippen LogP contribution in [-0.2, 0) is 19.4 Å². The fourth-order valence-electron chi connectivity index (χ4n) is 2.77. The van der Waals surface area contributed by atoms with Crippen molar-refractivity contribution in [1.29, 1.82) is 0 Å². The minimum Gasteiger partial charge on any atom is -0.497 e. The highest BCUT2D eigenvalue weighted by atomic mass is 16.5. The molecule has 116 valence electrons. The molecule has 0 unspecified atom stereocenters. The van der Waals surface area contributed by atoms with Crippen molar-refractivity contribution >= 4 is 5.91 Å². The summed E-state index contributed by atoms with van der Waals surface area (Å²) in [6, 6.07) is 7.61. The monoisotopic (exact) mass is 300 g/mol. The minimum atomic E-state index is -0.171. The maximum Gasteiger partial charge on any atom is 0.274 e. The predicted molar refractivity (Wildman–Crippen MR) is 81.9 cm³/mol. The summed E-state index contributed by atoms with van der Waals surface area (Å²) < 4.78 is 10.4. The Balaban J connectivity index is 1.66. The third-order valence-electron chi connectivity index (χ3n) is 4.11. The normalized spacial score (nSPS) is 16.9. The smallest absolute Gasteiger partial charge is 0.274 e. The van der Waals surface area contributed by atoms with Gasteiger partial charge in [0.05, 0.1) is 7.11 Å². The van der Waals surface area contributed by atoms with E-state index in [0.717, 1.165) is 41.9 Å². The van der Waals surface area contributed by atoms with Crippen LogP contribution in [0.5, 0.6) is 5.75 Å². The zero-order valence-corrected chi connectivity index (χ0v) is 12.9. The molecular formula is C17H20N2O3. The number of nitrogens with one attached hydrogen (secondary N) is 1. The van der Waals surface area contributed by atoms with Gasteiger partial charge in [0.1, 0.15) is 11.5 Å². The van der Waals surface area contributed by atoms with Gasteiger partial charge in [0, 0.05) is 18.5 Å². The number of hydrogen-bond acceptors (Lipinski definition) is 4. The molecule has 1 aliphatic rings. The predicted octanol–water partition coefficient (Wildman–Crippen LogP) is 2.74. The molecule has 0 radical (unpaired) electrons. The second-order valence-corrected chi connectivity index (χ2v) is 5.81. The second-order valence-electron chi connectivity index (χ2n) is 5.81. The van der Waals surface area contributed by atoms with Gasteiger partial charge in [0.25, 0.3) is 5.91 Å². The zero-order chi connectivity index (χ0) is 15.5. The van der Waals surface area contributed by atoms with Crippen molar-refractivity contribution in [3.8, 4) is 5.75 Å². The number of benzene rings is 1. The first kappa shape index (κ1) is 14.6. The van der Waals surface area contributed by atoms with Crippen LogP contribution in [0, 0.1) is 5.92 Å². The van der Waals surface area contributed by atoms with Gasteiger partial charge in [-0.2, -0.15) is 0 Å². The molecule has 1 N–H and O–H groups in total. The number of hydrogen-bond donors (Lipinski definition) is 1. The van der Waals surface area contributed by atoms with Crippen LogP contribution in [-0.4, -0.2) is 18.2 Å². The van der Waals surface area contributed by atoms with Crippen LogP contribution in [0.1, 0.15) is 40.7 Å². The van der Waals surface area contributed by atoms with E-state index in [1.165, 1.54) is 0 Å². The van der Waals surface area contributed by atoms with Gasteiger partial charge in [-0.25, -0.2) is 0 Å². The SMILES string of the molecule is COc1ccc(CNC(=O)c2noc3c2C[C@@H](C)CC3)cc1. The van der Waals surface area contributed by atoms with Crippen LogP contribution in [0.15, 0.2) is 28.8 Å². The number of nitrogens with zero attached hydrogens (tertiary/aromatic N) is 1. The van der Waals surface area contributed by atoms with E-state index in [1.54, 1.807) is 7.11 Å². The van der Waals surface area contributed by atoms with Gasteiger partial charge in [-0.05, 0) is 36.5 Å². The van der Waals surface area contributed by atoms with Gasteiger partial charge in [0.2, 0.25) is 0 Å². The van der Waals surface area contributed by atoms with E-state index in [9.17, 15) is 4.79 Å². The lowest BCUT2D eigenvalue weighted by molar-refractivity contribution is 0.0941. The van der Waals surface area contributed by atoms with Crippen molar-refractivity contribution in [3.63, 3.8) is 0 Å². The van der Waals surface area contributed by atoms with E-state index in [4.69, 9.17) is 9.26 Å². The summed E-state index contributed by atoms with van der Waals surface area (Å²) in [5.74, 6) is 2.07. The van der Waals surface area contributed by atoms with Gasteiger partial charge in [0.15, 0.2) is 5.69 Å². The van der Waals surface area contributed by atoms with Gasteiger partial charge >= 0.3 is 0 Å². The highest BCUT2D eigenvalue weighted by Crippen LogP contribution is 2.27. The maximum atomic E-state index is 12.3. The van der Waals surface area contributed by atoms with Crippen LogP contribution in [0.4, 0.5) is 0 Å². The molecule has 1 amide bonds. The summed E-state index contributed by atoms with van der Waals surface area (Å²) in [5.41, 5.74) is 2.43. The number of aryl methyl sites for hydroxylation is 1. The van der Waals surface area contributed by atoms with Crippen LogP contribution < -0.4 is 10.1 Å². The van der Waals surface area contributed by atoms with Crippen molar-refractivity contribution in [2.75, 3.05) is 7.11 Å². The number of carbonyl (C=O) groups is 1. The van der Waals surface area contributed by atoms with Gasteiger partial charge in [-0.3, -0.25) is 4.79 Å². The highest BCUT2D eigenvalue weighted by molar-refractivity contribution is 5.93. The zero-order valence-electron chi connectivity index (χ0n) is 12.9. The lowest BCUT2D eigenvalue weighted by Gasteiger charge is -2.16. The van der Waals surface area contributed by atoms with E-state index in [1.807, 2.05) is 24.3 Å².